The first kappa shape index (κ1) is 15.1. The van der Waals surface area contributed by atoms with Crippen molar-refractivity contribution in [3.8, 4) is 0 Å². The van der Waals surface area contributed by atoms with E-state index >= 15 is 0 Å². The van der Waals surface area contributed by atoms with Crippen molar-refractivity contribution < 1.29 is 5.11 Å². The standard InChI is InChI=1S/C17H31NO/c1-13-5-4-6-17(19,10-13)12-18-11-16-8-14(2)7-15(3)9-16/h7,13-14,16,18-19H,4-6,8-12H2,1-3H3. The van der Waals surface area contributed by atoms with Crippen LogP contribution in [0.2, 0.25) is 0 Å². The lowest BCUT2D eigenvalue weighted by Gasteiger charge is -2.36. The van der Waals surface area contributed by atoms with Crippen LogP contribution in [0.15, 0.2) is 11.6 Å². The molecular weight excluding hydrogens is 234 g/mol. The van der Waals surface area contributed by atoms with Crippen molar-refractivity contribution in [2.75, 3.05) is 13.1 Å². The minimum atomic E-state index is -0.442. The van der Waals surface area contributed by atoms with Crippen molar-refractivity contribution in [2.24, 2.45) is 17.8 Å². The van der Waals surface area contributed by atoms with Crippen LogP contribution in [-0.4, -0.2) is 23.8 Å². The van der Waals surface area contributed by atoms with Gasteiger partial charge in [0.05, 0.1) is 5.60 Å². The summed E-state index contributed by atoms with van der Waals surface area (Å²) in [6.45, 7) is 8.67. The molecule has 0 radical (unpaired) electrons. The van der Waals surface area contributed by atoms with E-state index in [1.54, 1.807) is 0 Å². The normalized spacial score (nSPS) is 40.0. The van der Waals surface area contributed by atoms with Gasteiger partial charge in [-0.2, -0.15) is 0 Å². The molecule has 2 rings (SSSR count). The highest BCUT2D eigenvalue weighted by Gasteiger charge is 2.32. The van der Waals surface area contributed by atoms with Crippen molar-refractivity contribution in [1.29, 1.82) is 0 Å². The Morgan fingerprint density at radius 3 is 2.89 bits per heavy atom. The molecule has 0 amide bonds. The topological polar surface area (TPSA) is 32.3 Å². The molecule has 2 heteroatoms. The van der Waals surface area contributed by atoms with E-state index in [0.29, 0.717) is 5.92 Å². The maximum atomic E-state index is 10.6. The number of aliphatic hydroxyl groups is 1. The van der Waals surface area contributed by atoms with Crippen LogP contribution in [0.5, 0.6) is 0 Å². The van der Waals surface area contributed by atoms with Crippen LogP contribution in [0.25, 0.3) is 0 Å². The SMILES string of the molecule is CC1=CC(C)CC(CNCC2(O)CCCC(C)C2)C1. The quantitative estimate of drug-likeness (QED) is 0.762. The molecule has 4 atom stereocenters. The highest BCUT2D eigenvalue weighted by molar-refractivity contribution is 5.06. The maximum Gasteiger partial charge on any atom is 0.0774 e. The van der Waals surface area contributed by atoms with Gasteiger partial charge in [-0.1, -0.05) is 38.3 Å². The number of rotatable bonds is 4. The summed E-state index contributed by atoms with van der Waals surface area (Å²) in [7, 11) is 0. The van der Waals surface area contributed by atoms with Crippen molar-refractivity contribution in [3.63, 3.8) is 0 Å². The van der Waals surface area contributed by atoms with E-state index in [4.69, 9.17) is 0 Å². The number of hydrogen-bond donors (Lipinski definition) is 2. The van der Waals surface area contributed by atoms with Crippen LogP contribution >= 0.6 is 0 Å². The largest absolute Gasteiger partial charge is 0.389 e. The Labute approximate surface area is 118 Å². The monoisotopic (exact) mass is 265 g/mol. The second-order valence-corrected chi connectivity index (χ2v) is 7.35. The first-order valence-corrected chi connectivity index (χ1v) is 8.07. The molecule has 0 bridgehead atoms. The summed E-state index contributed by atoms with van der Waals surface area (Å²) in [5.74, 6) is 2.16. The number of allylic oxidation sites excluding steroid dienone is 2. The third kappa shape index (κ3) is 4.61. The van der Waals surface area contributed by atoms with E-state index in [9.17, 15) is 5.11 Å². The average Bonchev–Trinajstić information content (AvgIpc) is 2.26. The summed E-state index contributed by atoms with van der Waals surface area (Å²) in [4.78, 5) is 0. The summed E-state index contributed by atoms with van der Waals surface area (Å²) in [5.41, 5.74) is 1.10. The Morgan fingerprint density at radius 2 is 2.21 bits per heavy atom. The fraction of sp³-hybridized carbons (Fsp3) is 0.882. The molecule has 110 valence electrons. The molecular formula is C17H31NO. The Balaban J connectivity index is 1.73. The van der Waals surface area contributed by atoms with E-state index in [1.807, 2.05) is 0 Å². The Bertz CT molecular complexity index is 325. The van der Waals surface area contributed by atoms with E-state index < -0.39 is 5.60 Å². The predicted octanol–water partition coefficient (Wildman–Crippen LogP) is 3.51. The minimum Gasteiger partial charge on any atom is -0.389 e. The molecule has 0 aromatic carbocycles. The van der Waals surface area contributed by atoms with Crippen LogP contribution in [0, 0.1) is 17.8 Å². The van der Waals surface area contributed by atoms with Gasteiger partial charge in [0.25, 0.3) is 0 Å². The zero-order valence-corrected chi connectivity index (χ0v) is 12.9. The van der Waals surface area contributed by atoms with Crippen LogP contribution in [-0.2, 0) is 0 Å². The second-order valence-electron chi connectivity index (χ2n) is 7.35. The molecule has 0 spiro atoms. The van der Waals surface area contributed by atoms with Gasteiger partial charge >= 0.3 is 0 Å². The van der Waals surface area contributed by atoms with Crippen LogP contribution < -0.4 is 5.32 Å². The molecule has 4 unspecified atom stereocenters. The third-order valence-corrected chi connectivity index (χ3v) is 4.84. The van der Waals surface area contributed by atoms with Gasteiger partial charge in [-0.05, 0) is 56.9 Å². The average molecular weight is 265 g/mol. The second kappa shape index (κ2) is 6.41. The molecule has 0 saturated heterocycles. The van der Waals surface area contributed by atoms with Crippen molar-refractivity contribution in [2.45, 2.75) is 64.9 Å². The van der Waals surface area contributed by atoms with E-state index in [2.05, 4.69) is 32.2 Å². The van der Waals surface area contributed by atoms with Crippen LogP contribution in [0.4, 0.5) is 0 Å². The predicted molar refractivity (Wildman–Crippen MR) is 81.1 cm³/mol. The summed E-state index contributed by atoms with van der Waals surface area (Å²) in [6, 6.07) is 0. The van der Waals surface area contributed by atoms with Gasteiger partial charge in [0.1, 0.15) is 0 Å². The lowest BCUT2D eigenvalue weighted by atomic mass is 9.78. The van der Waals surface area contributed by atoms with Crippen molar-refractivity contribution in [3.05, 3.63) is 11.6 Å². The van der Waals surface area contributed by atoms with E-state index in [1.165, 1.54) is 31.3 Å². The van der Waals surface area contributed by atoms with Crippen LogP contribution in [0.1, 0.15) is 59.3 Å². The number of hydrogen-bond acceptors (Lipinski definition) is 2. The van der Waals surface area contributed by atoms with Gasteiger partial charge in [-0.25, -0.2) is 0 Å². The van der Waals surface area contributed by atoms with Gasteiger partial charge in [-0.3, -0.25) is 0 Å². The molecule has 0 heterocycles. The van der Waals surface area contributed by atoms with Crippen molar-refractivity contribution in [1.82, 2.24) is 5.32 Å². The molecule has 2 nitrogen and oxygen atoms in total. The molecule has 19 heavy (non-hydrogen) atoms. The molecule has 2 aliphatic carbocycles. The third-order valence-electron chi connectivity index (χ3n) is 4.84. The molecule has 0 aliphatic heterocycles. The smallest absolute Gasteiger partial charge is 0.0774 e. The Morgan fingerprint density at radius 1 is 1.42 bits per heavy atom. The van der Waals surface area contributed by atoms with Gasteiger partial charge in [0, 0.05) is 6.54 Å². The Hall–Kier alpha value is -0.340. The first-order valence-electron chi connectivity index (χ1n) is 8.07. The van der Waals surface area contributed by atoms with Gasteiger partial charge in [0.2, 0.25) is 0 Å². The van der Waals surface area contributed by atoms with Gasteiger partial charge in [-0.15, -0.1) is 0 Å². The molecule has 0 aromatic rings. The highest BCUT2D eigenvalue weighted by atomic mass is 16.3. The van der Waals surface area contributed by atoms with Crippen LogP contribution in [0.3, 0.4) is 0 Å². The highest BCUT2D eigenvalue weighted by Crippen LogP contribution is 2.32. The number of nitrogens with one attached hydrogen (secondary N) is 1. The zero-order chi connectivity index (χ0) is 13.9. The molecule has 1 saturated carbocycles. The van der Waals surface area contributed by atoms with Gasteiger partial charge in [0.15, 0.2) is 0 Å². The lowest BCUT2D eigenvalue weighted by molar-refractivity contribution is -0.0123. The van der Waals surface area contributed by atoms with Gasteiger partial charge < -0.3 is 10.4 Å². The first-order chi connectivity index (χ1) is 8.97. The minimum absolute atomic E-state index is 0.442. The molecule has 2 aliphatic rings. The fourth-order valence-electron chi connectivity index (χ4n) is 4.14. The van der Waals surface area contributed by atoms with Crippen molar-refractivity contribution >= 4 is 0 Å². The summed E-state index contributed by atoms with van der Waals surface area (Å²) >= 11 is 0. The summed E-state index contributed by atoms with van der Waals surface area (Å²) in [5, 5.41) is 14.2. The summed E-state index contributed by atoms with van der Waals surface area (Å²) in [6.07, 6.45) is 9.34. The summed E-state index contributed by atoms with van der Waals surface area (Å²) < 4.78 is 0. The molecule has 1 fully saturated rings. The fourth-order valence-corrected chi connectivity index (χ4v) is 4.14. The van der Waals surface area contributed by atoms with E-state index in [-0.39, 0.29) is 0 Å². The van der Waals surface area contributed by atoms with E-state index in [0.717, 1.165) is 37.8 Å². The maximum absolute atomic E-state index is 10.6. The Kier molecular flexibility index (Phi) is 5.08. The molecule has 2 N–H and O–H groups in total. The molecule has 0 aromatic heterocycles. The zero-order valence-electron chi connectivity index (χ0n) is 12.9. The lowest BCUT2D eigenvalue weighted by Crippen LogP contribution is -2.45.